The van der Waals surface area contributed by atoms with Crippen LogP contribution in [0.5, 0.6) is 0 Å². The number of carbonyl (C=O) groups is 1. The number of ether oxygens (including phenoxy) is 1. The van der Waals surface area contributed by atoms with E-state index in [2.05, 4.69) is 10.3 Å². The van der Waals surface area contributed by atoms with Gasteiger partial charge in [0.15, 0.2) is 5.69 Å². The van der Waals surface area contributed by atoms with E-state index in [-0.39, 0.29) is 5.69 Å². The van der Waals surface area contributed by atoms with Gasteiger partial charge in [-0.1, -0.05) is 23.4 Å². The van der Waals surface area contributed by atoms with Crippen molar-refractivity contribution in [1.29, 1.82) is 0 Å². The molecule has 0 bridgehead atoms. The Morgan fingerprint density at radius 3 is 2.60 bits per heavy atom. The summed E-state index contributed by atoms with van der Waals surface area (Å²) in [5.41, 5.74) is 1.60. The summed E-state index contributed by atoms with van der Waals surface area (Å²) in [6.07, 6.45) is 3.60. The van der Waals surface area contributed by atoms with Crippen LogP contribution in [0.15, 0.2) is 36.5 Å². The van der Waals surface area contributed by atoms with Crippen LogP contribution >= 0.6 is 0 Å². The summed E-state index contributed by atoms with van der Waals surface area (Å²) in [5, 5.41) is 7.94. The average molecular weight is 272 g/mol. The predicted octanol–water partition coefficient (Wildman–Crippen LogP) is 1.59. The van der Waals surface area contributed by atoms with Crippen molar-refractivity contribution in [2.24, 2.45) is 0 Å². The van der Waals surface area contributed by atoms with Gasteiger partial charge in [-0.25, -0.2) is 9.48 Å². The van der Waals surface area contributed by atoms with Crippen LogP contribution in [0.2, 0.25) is 0 Å². The second-order valence-electron chi connectivity index (χ2n) is 4.34. The summed E-state index contributed by atoms with van der Waals surface area (Å²) in [6.45, 7) is 0. The zero-order valence-corrected chi connectivity index (χ0v) is 11.6. The maximum atomic E-state index is 11.7. The summed E-state index contributed by atoms with van der Waals surface area (Å²) < 4.78 is 6.33. The maximum Gasteiger partial charge on any atom is 0.360 e. The average Bonchev–Trinajstić information content (AvgIpc) is 2.89. The van der Waals surface area contributed by atoms with E-state index in [4.69, 9.17) is 4.74 Å². The third-order valence-corrected chi connectivity index (χ3v) is 2.62. The van der Waals surface area contributed by atoms with Crippen LogP contribution in [0.1, 0.15) is 16.2 Å². The minimum absolute atomic E-state index is 0.189. The van der Waals surface area contributed by atoms with Crippen molar-refractivity contribution >= 4 is 12.0 Å². The van der Waals surface area contributed by atoms with Crippen LogP contribution in [0.25, 0.3) is 11.8 Å². The molecule has 0 N–H and O–H groups in total. The van der Waals surface area contributed by atoms with E-state index in [1.807, 2.05) is 55.5 Å². The number of carbonyl (C=O) groups excluding carboxylic acids is 1. The van der Waals surface area contributed by atoms with Gasteiger partial charge in [-0.3, -0.25) is 0 Å². The quantitative estimate of drug-likeness (QED) is 0.791. The molecule has 6 heteroatoms. The number of esters is 1. The number of nitrogens with zero attached hydrogens (tertiary/aromatic N) is 4. The van der Waals surface area contributed by atoms with Crippen LogP contribution in [-0.2, 0) is 4.74 Å². The van der Waals surface area contributed by atoms with E-state index in [9.17, 15) is 4.79 Å². The summed E-state index contributed by atoms with van der Waals surface area (Å²) in [5.74, 6) is -0.509. The van der Waals surface area contributed by atoms with Gasteiger partial charge in [-0.05, 0) is 18.2 Å². The summed E-state index contributed by atoms with van der Waals surface area (Å²) in [6, 6.07) is 9.49. The van der Waals surface area contributed by atoms with E-state index in [1.54, 1.807) is 10.8 Å². The summed E-state index contributed by atoms with van der Waals surface area (Å²) >= 11 is 0. The fourth-order valence-electron chi connectivity index (χ4n) is 1.66. The Morgan fingerprint density at radius 1 is 1.30 bits per heavy atom. The summed E-state index contributed by atoms with van der Waals surface area (Å²) in [4.78, 5) is 13.6. The van der Waals surface area contributed by atoms with Gasteiger partial charge in [0.2, 0.25) is 0 Å². The molecule has 104 valence electrons. The molecule has 0 aliphatic carbocycles. The molecule has 1 aromatic carbocycles. The first-order valence-corrected chi connectivity index (χ1v) is 6.07. The van der Waals surface area contributed by atoms with Crippen molar-refractivity contribution in [3.05, 3.63) is 47.9 Å². The van der Waals surface area contributed by atoms with Crippen LogP contribution in [0, 0.1) is 0 Å². The Labute approximate surface area is 117 Å². The van der Waals surface area contributed by atoms with Crippen molar-refractivity contribution in [3.63, 3.8) is 0 Å². The molecule has 0 radical (unpaired) electrons. The standard InChI is InChI=1S/C14H16N4O2/c1-17(2)10-9-12-13(14(19)20-3)15-16-18(12)11-7-5-4-6-8-11/h4-10H,1-3H3/b10-9+. The highest BCUT2D eigenvalue weighted by atomic mass is 16.5. The largest absolute Gasteiger partial charge is 0.464 e. The molecular formula is C14H16N4O2. The van der Waals surface area contributed by atoms with Gasteiger partial charge < -0.3 is 9.64 Å². The third kappa shape index (κ3) is 2.85. The lowest BCUT2D eigenvalue weighted by molar-refractivity contribution is 0.0593. The zero-order chi connectivity index (χ0) is 14.5. The minimum Gasteiger partial charge on any atom is -0.464 e. The molecule has 0 atom stereocenters. The van der Waals surface area contributed by atoms with Crippen molar-refractivity contribution in [2.45, 2.75) is 0 Å². The number of rotatable bonds is 4. The Kier molecular flexibility index (Phi) is 4.14. The van der Waals surface area contributed by atoms with Gasteiger partial charge in [0.05, 0.1) is 12.8 Å². The molecule has 0 fully saturated rings. The number of aromatic nitrogens is 3. The van der Waals surface area contributed by atoms with Crippen molar-refractivity contribution in [2.75, 3.05) is 21.2 Å². The van der Waals surface area contributed by atoms with Gasteiger partial charge >= 0.3 is 5.97 Å². The monoisotopic (exact) mass is 272 g/mol. The zero-order valence-electron chi connectivity index (χ0n) is 11.6. The molecule has 2 aromatic rings. The first-order chi connectivity index (χ1) is 9.63. The number of hydrogen-bond acceptors (Lipinski definition) is 5. The molecule has 2 rings (SSSR count). The molecular weight excluding hydrogens is 256 g/mol. The lowest BCUT2D eigenvalue weighted by Gasteiger charge is -2.06. The minimum atomic E-state index is -0.509. The SMILES string of the molecule is COC(=O)c1nnn(-c2ccccc2)c1/C=C/N(C)C. The maximum absolute atomic E-state index is 11.7. The van der Waals surface area contributed by atoms with Crippen LogP contribution in [0.3, 0.4) is 0 Å². The number of para-hydroxylation sites is 1. The lowest BCUT2D eigenvalue weighted by Crippen LogP contribution is -2.07. The van der Waals surface area contributed by atoms with Gasteiger partial charge in [0.25, 0.3) is 0 Å². The van der Waals surface area contributed by atoms with Gasteiger partial charge in [-0.2, -0.15) is 0 Å². The Morgan fingerprint density at radius 2 is 2.00 bits per heavy atom. The highest BCUT2D eigenvalue weighted by Gasteiger charge is 2.19. The molecule has 0 unspecified atom stereocenters. The number of benzene rings is 1. The highest BCUT2D eigenvalue weighted by molar-refractivity contribution is 5.90. The molecule has 0 saturated heterocycles. The first kappa shape index (κ1) is 13.8. The normalized spacial score (nSPS) is 10.8. The fraction of sp³-hybridized carbons (Fsp3) is 0.214. The molecule has 0 saturated carbocycles. The van der Waals surface area contributed by atoms with Crippen molar-refractivity contribution in [3.8, 4) is 5.69 Å². The second-order valence-corrected chi connectivity index (χ2v) is 4.34. The van der Waals surface area contributed by atoms with E-state index >= 15 is 0 Å². The number of hydrogen-bond donors (Lipinski definition) is 0. The van der Waals surface area contributed by atoms with Crippen LogP contribution < -0.4 is 0 Å². The van der Waals surface area contributed by atoms with E-state index in [0.717, 1.165) is 5.69 Å². The van der Waals surface area contributed by atoms with E-state index in [1.165, 1.54) is 7.11 Å². The van der Waals surface area contributed by atoms with Gasteiger partial charge in [0, 0.05) is 20.3 Å². The molecule has 6 nitrogen and oxygen atoms in total. The van der Waals surface area contributed by atoms with Gasteiger partial charge in [0.1, 0.15) is 5.69 Å². The Balaban J connectivity index is 2.52. The van der Waals surface area contributed by atoms with E-state index < -0.39 is 5.97 Å². The smallest absolute Gasteiger partial charge is 0.360 e. The first-order valence-electron chi connectivity index (χ1n) is 6.07. The molecule has 0 aliphatic rings. The van der Waals surface area contributed by atoms with Crippen LogP contribution in [-0.4, -0.2) is 47.1 Å². The third-order valence-electron chi connectivity index (χ3n) is 2.62. The molecule has 0 aliphatic heterocycles. The molecule has 1 heterocycles. The van der Waals surface area contributed by atoms with Gasteiger partial charge in [-0.15, -0.1) is 5.10 Å². The lowest BCUT2D eigenvalue weighted by atomic mass is 10.2. The topological polar surface area (TPSA) is 60.2 Å². The predicted molar refractivity (Wildman–Crippen MR) is 75.4 cm³/mol. The van der Waals surface area contributed by atoms with Crippen molar-refractivity contribution < 1.29 is 9.53 Å². The molecule has 20 heavy (non-hydrogen) atoms. The van der Waals surface area contributed by atoms with Crippen molar-refractivity contribution in [1.82, 2.24) is 19.9 Å². The van der Waals surface area contributed by atoms with E-state index in [0.29, 0.717) is 5.69 Å². The molecule has 1 aromatic heterocycles. The number of methoxy groups -OCH3 is 1. The summed E-state index contributed by atoms with van der Waals surface area (Å²) in [7, 11) is 5.11. The second kappa shape index (κ2) is 6.01. The Hall–Kier alpha value is -2.63. The fourth-order valence-corrected chi connectivity index (χ4v) is 1.66. The Bertz CT molecular complexity index is 617. The highest BCUT2D eigenvalue weighted by Crippen LogP contribution is 2.15. The molecule has 0 spiro atoms. The molecule has 0 amide bonds. The van der Waals surface area contributed by atoms with Crippen LogP contribution in [0.4, 0.5) is 0 Å².